The van der Waals surface area contributed by atoms with Crippen LogP contribution in [-0.2, 0) is 22.4 Å². The quantitative estimate of drug-likeness (QED) is 0.491. The number of ether oxygens (including phenoxy) is 2. The average Bonchev–Trinajstić information content (AvgIpc) is 3.36. The number of para-hydroxylation sites is 1. The molecule has 0 radical (unpaired) electrons. The summed E-state index contributed by atoms with van der Waals surface area (Å²) in [5.74, 6) is 1.86. The number of piperidine rings is 1. The lowest BCUT2D eigenvalue weighted by Crippen LogP contribution is -2.50. The molecule has 1 aromatic heterocycles. The fraction of sp³-hybridized carbons (Fsp3) is 0.500. The predicted octanol–water partition coefficient (Wildman–Crippen LogP) is 5.37. The molecule has 7 nitrogen and oxygen atoms in total. The molecule has 0 unspecified atom stereocenters. The number of nitrogens with zero attached hydrogens (tertiary/aromatic N) is 2. The van der Waals surface area contributed by atoms with Crippen LogP contribution < -0.4 is 9.47 Å². The van der Waals surface area contributed by atoms with Gasteiger partial charge >= 0.3 is 0 Å². The number of methoxy groups -OCH3 is 1. The SMILES string of the molecule is COc1ccc2[nH]cc(CCC(=O)N3CCC4(CCCCc5ccccc5O[C@H](C)C(=O)N(C)C4)CC3)c2c1. The minimum absolute atomic E-state index is 0.0126. The van der Waals surface area contributed by atoms with Gasteiger partial charge in [0.2, 0.25) is 5.91 Å². The third-order valence-corrected chi connectivity index (χ3v) is 8.74. The molecule has 208 valence electrons. The largest absolute Gasteiger partial charge is 0.497 e. The Hall–Kier alpha value is -3.48. The first kappa shape index (κ1) is 27.1. The number of fused-ring (bicyclic) bond motifs is 2. The monoisotopic (exact) mass is 531 g/mol. The summed E-state index contributed by atoms with van der Waals surface area (Å²) in [6.45, 7) is 4.05. The number of hydrogen-bond acceptors (Lipinski definition) is 4. The molecular formula is C32H41N3O4. The van der Waals surface area contributed by atoms with Crippen molar-refractivity contribution in [1.29, 1.82) is 0 Å². The number of carbonyl (C=O) groups is 2. The van der Waals surface area contributed by atoms with Gasteiger partial charge in [0.1, 0.15) is 11.5 Å². The van der Waals surface area contributed by atoms with E-state index in [1.165, 1.54) is 5.56 Å². The first-order valence-electron chi connectivity index (χ1n) is 14.3. The van der Waals surface area contributed by atoms with Crippen molar-refractivity contribution < 1.29 is 19.1 Å². The molecule has 0 bridgehead atoms. The molecule has 0 saturated carbocycles. The minimum atomic E-state index is -0.529. The number of aryl methyl sites for hydroxylation is 2. The van der Waals surface area contributed by atoms with E-state index in [9.17, 15) is 9.59 Å². The van der Waals surface area contributed by atoms with Gasteiger partial charge in [0.15, 0.2) is 6.10 Å². The number of carbonyl (C=O) groups excluding carboxylic acids is 2. The van der Waals surface area contributed by atoms with Crippen molar-refractivity contribution in [3.8, 4) is 11.5 Å². The molecule has 1 atom stereocenters. The number of H-pyrrole nitrogens is 1. The van der Waals surface area contributed by atoms with E-state index < -0.39 is 6.10 Å². The van der Waals surface area contributed by atoms with Crippen LogP contribution in [0.1, 0.15) is 56.6 Å². The lowest BCUT2D eigenvalue weighted by molar-refractivity contribution is -0.140. The second-order valence-electron chi connectivity index (χ2n) is 11.4. The van der Waals surface area contributed by atoms with Crippen LogP contribution in [0.2, 0.25) is 0 Å². The van der Waals surface area contributed by atoms with Gasteiger partial charge in [0.05, 0.1) is 7.11 Å². The number of likely N-dealkylation sites (tertiary alicyclic amines) is 1. The fourth-order valence-electron chi connectivity index (χ4n) is 6.38. The van der Waals surface area contributed by atoms with E-state index in [0.717, 1.165) is 79.6 Å². The Morgan fingerprint density at radius 1 is 1.13 bits per heavy atom. The molecule has 0 aliphatic carbocycles. The van der Waals surface area contributed by atoms with Crippen molar-refractivity contribution in [2.45, 2.75) is 64.4 Å². The van der Waals surface area contributed by atoms with Gasteiger partial charge in [-0.2, -0.15) is 0 Å². The van der Waals surface area contributed by atoms with E-state index in [4.69, 9.17) is 9.47 Å². The summed E-state index contributed by atoms with van der Waals surface area (Å²) < 4.78 is 11.5. The summed E-state index contributed by atoms with van der Waals surface area (Å²) in [4.78, 5) is 33.6. The summed E-state index contributed by atoms with van der Waals surface area (Å²) in [7, 11) is 3.57. The Balaban J connectivity index is 1.21. The number of hydrogen-bond donors (Lipinski definition) is 1. The van der Waals surface area contributed by atoms with Crippen LogP contribution in [0.3, 0.4) is 0 Å². The van der Waals surface area contributed by atoms with Crippen molar-refractivity contribution in [3.63, 3.8) is 0 Å². The molecule has 1 spiro atoms. The lowest BCUT2D eigenvalue weighted by atomic mass is 9.73. The normalized spacial score (nSPS) is 20.2. The number of amides is 2. The van der Waals surface area contributed by atoms with Crippen molar-refractivity contribution in [3.05, 3.63) is 59.8 Å². The Morgan fingerprint density at radius 3 is 2.72 bits per heavy atom. The first-order chi connectivity index (χ1) is 18.9. The predicted molar refractivity (Wildman–Crippen MR) is 153 cm³/mol. The topological polar surface area (TPSA) is 74.9 Å². The van der Waals surface area contributed by atoms with Gasteiger partial charge in [0.25, 0.3) is 5.91 Å². The highest BCUT2D eigenvalue weighted by Crippen LogP contribution is 2.39. The maximum atomic E-state index is 13.2. The number of likely N-dealkylation sites (N-methyl/N-ethyl adjacent to an activating group) is 1. The van der Waals surface area contributed by atoms with Gasteiger partial charge in [-0.15, -0.1) is 0 Å². The van der Waals surface area contributed by atoms with E-state index in [0.29, 0.717) is 19.4 Å². The second-order valence-corrected chi connectivity index (χ2v) is 11.4. The van der Waals surface area contributed by atoms with Crippen molar-refractivity contribution in [2.24, 2.45) is 5.41 Å². The Labute approximate surface area is 231 Å². The van der Waals surface area contributed by atoms with Crippen LogP contribution in [0.25, 0.3) is 10.9 Å². The number of rotatable bonds is 4. The molecule has 5 rings (SSSR count). The van der Waals surface area contributed by atoms with Crippen molar-refractivity contribution in [1.82, 2.24) is 14.8 Å². The third-order valence-electron chi connectivity index (χ3n) is 8.74. The number of nitrogens with one attached hydrogen (secondary N) is 1. The van der Waals surface area contributed by atoms with Gasteiger partial charge in [0, 0.05) is 50.2 Å². The van der Waals surface area contributed by atoms with E-state index in [2.05, 4.69) is 11.1 Å². The molecule has 2 aromatic carbocycles. The molecule has 1 N–H and O–H groups in total. The summed E-state index contributed by atoms with van der Waals surface area (Å²) in [6, 6.07) is 14.1. The second kappa shape index (κ2) is 11.7. The number of aromatic nitrogens is 1. The number of benzene rings is 2. The molecule has 1 saturated heterocycles. The number of aromatic amines is 1. The smallest absolute Gasteiger partial charge is 0.263 e. The Morgan fingerprint density at radius 2 is 1.92 bits per heavy atom. The molecule has 39 heavy (non-hydrogen) atoms. The Bertz CT molecular complexity index is 1310. The highest BCUT2D eigenvalue weighted by atomic mass is 16.5. The minimum Gasteiger partial charge on any atom is -0.497 e. The molecule has 3 aromatic rings. The maximum Gasteiger partial charge on any atom is 0.263 e. The molecule has 7 heteroatoms. The standard InChI is InChI=1S/C32H41N3O4/c1-23-31(37)34(2)22-32(15-7-6-9-24-8-4-5-10-29(24)39-23)16-18-35(19-17-32)30(36)14-11-25-21-33-28-13-12-26(38-3)20-27(25)28/h4-5,8,10,12-13,20-21,23,33H,6-7,9,11,14-19,22H2,1-3H3/t23-/m1/s1. The fourth-order valence-corrected chi connectivity index (χ4v) is 6.38. The van der Waals surface area contributed by atoms with Crippen LogP contribution in [0.4, 0.5) is 0 Å². The highest BCUT2D eigenvalue weighted by Gasteiger charge is 2.38. The van der Waals surface area contributed by atoms with E-state index in [-0.39, 0.29) is 17.2 Å². The van der Waals surface area contributed by atoms with Gasteiger partial charge in [-0.05, 0) is 86.3 Å². The Kier molecular flexibility index (Phi) is 8.15. The third kappa shape index (κ3) is 6.07. The van der Waals surface area contributed by atoms with Crippen LogP contribution in [-0.4, -0.2) is 66.5 Å². The lowest BCUT2D eigenvalue weighted by Gasteiger charge is -2.44. The first-order valence-corrected chi connectivity index (χ1v) is 14.3. The van der Waals surface area contributed by atoms with Crippen LogP contribution in [0.5, 0.6) is 11.5 Å². The summed E-state index contributed by atoms with van der Waals surface area (Å²) in [6.07, 6.45) is 8.72. The van der Waals surface area contributed by atoms with Crippen molar-refractivity contribution in [2.75, 3.05) is 33.8 Å². The summed E-state index contributed by atoms with van der Waals surface area (Å²) in [5, 5.41) is 1.11. The summed E-state index contributed by atoms with van der Waals surface area (Å²) >= 11 is 0. The van der Waals surface area contributed by atoms with E-state index >= 15 is 0 Å². The van der Waals surface area contributed by atoms with Gasteiger partial charge in [-0.25, -0.2) is 0 Å². The zero-order valence-corrected chi connectivity index (χ0v) is 23.5. The zero-order valence-electron chi connectivity index (χ0n) is 23.5. The van der Waals surface area contributed by atoms with Crippen LogP contribution in [0, 0.1) is 5.41 Å². The van der Waals surface area contributed by atoms with Crippen LogP contribution >= 0.6 is 0 Å². The molecule has 2 amide bonds. The molecule has 2 aliphatic heterocycles. The van der Waals surface area contributed by atoms with Gasteiger partial charge in [-0.1, -0.05) is 24.6 Å². The summed E-state index contributed by atoms with van der Waals surface area (Å²) in [5.41, 5.74) is 3.40. The van der Waals surface area contributed by atoms with Crippen LogP contribution in [0.15, 0.2) is 48.7 Å². The average molecular weight is 532 g/mol. The molecule has 1 fully saturated rings. The zero-order chi connectivity index (χ0) is 27.4. The van der Waals surface area contributed by atoms with E-state index in [1.807, 2.05) is 66.4 Å². The molecular weight excluding hydrogens is 490 g/mol. The van der Waals surface area contributed by atoms with Gasteiger partial charge in [-0.3, -0.25) is 9.59 Å². The maximum absolute atomic E-state index is 13.2. The molecule has 2 aliphatic rings. The van der Waals surface area contributed by atoms with Gasteiger partial charge < -0.3 is 24.3 Å². The molecule has 3 heterocycles. The van der Waals surface area contributed by atoms with Crippen molar-refractivity contribution >= 4 is 22.7 Å². The highest BCUT2D eigenvalue weighted by molar-refractivity contribution is 5.85. The van der Waals surface area contributed by atoms with E-state index in [1.54, 1.807) is 7.11 Å².